The van der Waals surface area contributed by atoms with Gasteiger partial charge in [-0.2, -0.15) is 0 Å². The van der Waals surface area contributed by atoms with Crippen molar-refractivity contribution in [2.24, 2.45) is 0 Å². The Morgan fingerprint density at radius 1 is 1.16 bits per heavy atom. The van der Waals surface area contributed by atoms with Crippen molar-refractivity contribution in [2.75, 3.05) is 17.0 Å². The molecule has 0 unspecified atom stereocenters. The highest BCUT2D eigenvalue weighted by atomic mass is 32.2. The Morgan fingerprint density at radius 3 is 2.16 bits per heavy atom. The van der Waals surface area contributed by atoms with Crippen molar-refractivity contribution in [3.05, 3.63) is 29.6 Å². The third kappa shape index (κ3) is 5.07. The van der Waals surface area contributed by atoms with Crippen LogP contribution in [0.1, 0.15) is 13.8 Å². The van der Waals surface area contributed by atoms with Crippen LogP contribution in [0.4, 0.5) is 18.9 Å². The monoisotopic (exact) mass is 296 g/mol. The Morgan fingerprint density at radius 2 is 1.68 bits per heavy atom. The molecule has 0 saturated carbocycles. The van der Waals surface area contributed by atoms with E-state index in [0.29, 0.717) is 12.1 Å². The molecule has 1 aromatic rings. The van der Waals surface area contributed by atoms with Gasteiger partial charge in [0.05, 0.1) is 11.4 Å². The minimum Gasteiger partial charge on any atom is -0.313 e. The van der Waals surface area contributed by atoms with E-state index in [9.17, 15) is 21.6 Å². The standard InChI is InChI=1S/C11H15F3N2O2S/c1-7(2)15-3-4-19(17,18)16-8-5-9(12)11(14)10(13)6-8/h5-7,15-16H,3-4H2,1-2H3. The van der Waals surface area contributed by atoms with Crippen molar-refractivity contribution in [3.63, 3.8) is 0 Å². The zero-order valence-corrected chi connectivity index (χ0v) is 11.3. The van der Waals surface area contributed by atoms with Gasteiger partial charge in [0.25, 0.3) is 0 Å². The van der Waals surface area contributed by atoms with Gasteiger partial charge in [-0.15, -0.1) is 0 Å². The van der Waals surface area contributed by atoms with Crippen LogP contribution >= 0.6 is 0 Å². The van der Waals surface area contributed by atoms with Crippen LogP contribution in [0, 0.1) is 17.5 Å². The van der Waals surface area contributed by atoms with Crippen molar-refractivity contribution in [1.82, 2.24) is 5.32 Å². The molecule has 0 radical (unpaired) electrons. The fourth-order valence-electron chi connectivity index (χ4n) is 1.33. The minimum atomic E-state index is -3.74. The van der Waals surface area contributed by atoms with Crippen LogP contribution in [0.2, 0.25) is 0 Å². The molecule has 0 aromatic heterocycles. The first-order valence-electron chi connectivity index (χ1n) is 5.59. The van der Waals surface area contributed by atoms with Gasteiger partial charge in [0.15, 0.2) is 17.5 Å². The topological polar surface area (TPSA) is 58.2 Å². The van der Waals surface area contributed by atoms with Crippen LogP contribution in [0.15, 0.2) is 12.1 Å². The third-order valence-electron chi connectivity index (χ3n) is 2.18. The van der Waals surface area contributed by atoms with Crippen LogP contribution in [-0.4, -0.2) is 26.8 Å². The number of hydrogen-bond acceptors (Lipinski definition) is 3. The molecule has 0 spiro atoms. The van der Waals surface area contributed by atoms with Crippen molar-refractivity contribution < 1.29 is 21.6 Å². The number of nitrogens with one attached hydrogen (secondary N) is 2. The van der Waals surface area contributed by atoms with Crippen molar-refractivity contribution >= 4 is 15.7 Å². The summed E-state index contributed by atoms with van der Waals surface area (Å²) in [6.07, 6.45) is 0. The molecule has 0 aliphatic rings. The number of benzene rings is 1. The van der Waals surface area contributed by atoms with Gasteiger partial charge >= 0.3 is 0 Å². The van der Waals surface area contributed by atoms with Gasteiger partial charge in [0.2, 0.25) is 10.0 Å². The number of anilines is 1. The number of halogens is 3. The van der Waals surface area contributed by atoms with Gasteiger partial charge < -0.3 is 5.32 Å². The molecule has 0 amide bonds. The maximum absolute atomic E-state index is 12.9. The summed E-state index contributed by atoms with van der Waals surface area (Å²) in [6.45, 7) is 3.90. The first-order valence-corrected chi connectivity index (χ1v) is 7.25. The average molecular weight is 296 g/mol. The summed E-state index contributed by atoms with van der Waals surface area (Å²) in [6, 6.07) is 1.30. The summed E-state index contributed by atoms with van der Waals surface area (Å²) in [7, 11) is -3.74. The van der Waals surface area contributed by atoms with E-state index >= 15 is 0 Å². The summed E-state index contributed by atoms with van der Waals surface area (Å²) in [5, 5.41) is 2.89. The molecule has 0 saturated heterocycles. The highest BCUT2D eigenvalue weighted by Crippen LogP contribution is 2.18. The van der Waals surface area contributed by atoms with Gasteiger partial charge in [0, 0.05) is 24.7 Å². The smallest absolute Gasteiger partial charge is 0.233 e. The Balaban J connectivity index is 2.73. The molecule has 108 valence electrons. The van der Waals surface area contributed by atoms with Gasteiger partial charge in [-0.3, -0.25) is 4.72 Å². The van der Waals surface area contributed by atoms with Crippen LogP contribution in [0.25, 0.3) is 0 Å². The number of rotatable bonds is 6. The molecule has 4 nitrogen and oxygen atoms in total. The predicted molar refractivity (Wildman–Crippen MR) is 66.9 cm³/mol. The molecule has 0 atom stereocenters. The van der Waals surface area contributed by atoms with Gasteiger partial charge in [0.1, 0.15) is 0 Å². The highest BCUT2D eigenvalue weighted by Gasteiger charge is 2.15. The minimum absolute atomic E-state index is 0.121. The van der Waals surface area contributed by atoms with Gasteiger partial charge in [-0.05, 0) is 0 Å². The van der Waals surface area contributed by atoms with Crippen molar-refractivity contribution in [3.8, 4) is 0 Å². The summed E-state index contributed by atoms with van der Waals surface area (Å²) in [5.41, 5.74) is -0.346. The molecule has 19 heavy (non-hydrogen) atoms. The Labute approximate surface area is 110 Å². The average Bonchev–Trinajstić information content (AvgIpc) is 2.24. The number of sulfonamides is 1. The molecule has 2 N–H and O–H groups in total. The van der Waals surface area contributed by atoms with E-state index in [1.807, 2.05) is 18.6 Å². The zero-order chi connectivity index (χ0) is 14.6. The lowest BCUT2D eigenvalue weighted by Crippen LogP contribution is -2.31. The molecule has 8 heteroatoms. The highest BCUT2D eigenvalue weighted by molar-refractivity contribution is 7.92. The third-order valence-corrected chi connectivity index (χ3v) is 3.47. The largest absolute Gasteiger partial charge is 0.313 e. The predicted octanol–water partition coefficient (Wildman–Crippen LogP) is 1.84. The van der Waals surface area contributed by atoms with E-state index in [1.54, 1.807) is 0 Å². The van der Waals surface area contributed by atoms with Gasteiger partial charge in [-0.1, -0.05) is 13.8 Å². The zero-order valence-electron chi connectivity index (χ0n) is 10.5. The van der Waals surface area contributed by atoms with E-state index < -0.39 is 27.5 Å². The van der Waals surface area contributed by atoms with E-state index in [4.69, 9.17) is 0 Å². The fourth-order valence-corrected chi connectivity index (χ4v) is 2.29. The molecule has 1 rings (SSSR count). The molecule has 0 aliphatic carbocycles. The fraction of sp³-hybridized carbons (Fsp3) is 0.455. The quantitative estimate of drug-likeness (QED) is 0.788. The van der Waals surface area contributed by atoms with E-state index in [0.717, 1.165) is 0 Å². The summed E-state index contributed by atoms with van der Waals surface area (Å²) in [4.78, 5) is 0. The summed E-state index contributed by atoms with van der Waals surface area (Å²) >= 11 is 0. The lowest BCUT2D eigenvalue weighted by Gasteiger charge is -2.11. The Bertz CT molecular complexity index is 524. The van der Waals surface area contributed by atoms with Crippen LogP contribution in [0.5, 0.6) is 0 Å². The van der Waals surface area contributed by atoms with E-state index in [1.165, 1.54) is 0 Å². The van der Waals surface area contributed by atoms with E-state index in [2.05, 4.69) is 5.32 Å². The first-order chi connectivity index (χ1) is 8.71. The molecule has 0 aliphatic heterocycles. The molecule has 0 fully saturated rings. The molecule has 0 bridgehead atoms. The Hall–Kier alpha value is -1.28. The second-order valence-electron chi connectivity index (χ2n) is 4.28. The van der Waals surface area contributed by atoms with E-state index in [-0.39, 0.29) is 24.0 Å². The SMILES string of the molecule is CC(C)NCCS(=O)(=O)Nc1cc(F)c(F)c(F)c1. The molecule has 0 heterocycles. The summed E-state index contributed by atoms with van der Waals surface area (Å²) < 4.78 is 63.7. The lowest BCUT2D eigenvalue weighted by molar-refractivity contribution is 0.448. The summed E-state index contributed by atoms with van der Waals surface area (Å²) in [5.74, 6) is -4.79. The van der Waals surface area contributed by atoms with Crippen molar-refractivity contribution in [2.45, 2.75) is 19.9 Å². The second-order valence-corrected chi connectivity index (χ2v) is 6.13. The van der Waals surface area contributed by atoms with Crippen LogP contribution in [-0.2, 0) is 10.0 Å². The van der Waals surface area contributed by atoms with Crippen molar-refractivity contribution in [1.29, 1.82) is 0 Å². The maximum Gasteiger partial charge on any atom is 0.233 e. The first kappa shape index (κ1) is 15.8. The lowest BCUT2D eigenvalue weighted by atomic mass is 10.3. The molecule has 1 aromatic carbocycles. The maximum atomic E-state index is 12.9. The van der Waals surface area contributed by atoms with Crippen LogP contribution < -0.4 is 10.0 Å². The normalized spacial score (nSPS) is 11.9. The second kappa shape index (κ2) is 6.25. The molecular weight excluding hydrogens is 281 g/mol. The van der Waals surface area contributed by atoms with Gasteiger partial charge in [-0.25, -0.2) is 21.6 Å². The molecular formula is C11H15F3N2O2S. The van der Waals surface area contributed by atoms with Crippen LogP contribution in [0.3, 0.4) is 0 Å². The Kier molecular flexibility index (Phi) is 5.19. The number of hydrogen-bond donors (Lipinski definition) is 2.